The zero-order valence-electron chi connectivity index (χ0n) is 9.16. The maximum atomic E-state index is 9.86. The van der Waals surface area contributed by atoms with Crippen molar-refractivity contribution in [1.82, 2.24) is 0 Å². The van der Waals surface area contributed by atoms with E-state index in [2.05, 4.69) is 31.7 Å². The summed E-state index contributed by atoms with van der Waals surface area (Å²) in [5.41, 5.74) is 1.32. The van der Waals surface area contributed by atoms with Crippen molar-refractivity contribution in [3.05, 3.63) is 21.8 Å². The van der Waals surface area contributed by atoms with Gasteiger partial charge in [0.1, 0.15) is 0 Å². The van der Waals surface area contributed by atoms with Crippen molar-refractivity contribution in [3.8, 4) is 0 Å². The second kappa shape index (κ2) is 7.35. The fourth-order valence-corrected chi connectivity index (χ4v) is 1.13. The van der Waals surface area contributed by atoms with Crippen LogP contribution in [0.5, 0.6) is 0 Å². The second-order valence-corrected chi connectivity index (χ2v) is 3.81. The lowest BCUT2D eigenvalue weighted by atomic mass is 10.0. The third kappa shape index (κ3) is 9.03. The summed E-state index contributed by atoms with van der Waals surface area (Å²) < 4.78 is 0. The van der Waals surface area contributed by atoms with Crippen LogP contribution in [-0.2, 0) is 4.84 Å². The predicted octanol–water partition coefficient (Wildman–Crippen LogP) is 2.97. The lowest BCUT2D eigenvalue weighted by molar-refractivity contribution is -0.758. The molecule has 0 heterocycles. The van der Waals surface area contributed by atoms with Crippen LogP contribution >= 0.6 is 0 Å². The molecule has 0 amide bonds. The first-order valence-corrected chi connectivity index (χ1v) is 4.93. The Morgan fingerprint density at radius 3 is 2.64 bits per heavy atom. The molecule has 1 atom stereocenters. The van der Waals surface area contributed by atoms with Crippen molar-refractivity contribution < 1.29 is 9.92 Å². The van der Waals surface area contributed by atoms with E-state index < -0.39 is 5.09 Å². The molecule has 0 spiro atoms. The molecular weight excluding hydrogens is 182 g/mol. The van der Waals surface area contributed by atoms with Gasteiger partial charge in [-0.25, -0.2) is 0 Å². The first-order valence-electron chi connectivity index (χ1n) is 4.93. The number of allylic oxidation sites excluding steroid dienone is 2. The maximum Gasteiger partial charge on any atom is 0.294 e. The van der Waals surface area contributed by atoms with Crippen molar-refractivity contribution >= 4 is 0 Å². The van der Waals surface area contributed by atoms with Gasteiger partial charge in [-0.1, -0.05) is 18.6 Å². The third-order valence-corrected chi connectivity index (χ3v) is 2.02. The highest BCUT2D eigenvalue weighted by Crippen LogP contribution is 2.11. The molecule has 0 fully saturated rings. The lowest BCUT2D eigenvalue weighted by Gasteiger charge is -2.08. The van der Waals surface area contributed by atoms with Gasteiger partial charge in [0, 0.05) is 0 Å². The Labute approximate surface area is 85.1 Å². The monoisotopic (exact) mass is 201 g/mol. The van der Waals surface area contributed by atoms with E-state index in [4.69, 9.17) is 0 Å². The molecule has 82 valence electrons. The molecule has 4 nitrogen and oxygen atoms in total. The van der Waals surface area contributed by atoms with Gasteiger partial charge in [0.05, 0.1) is 6.61 Å². The van der Waals surface area contributed by atoms with E-state index in [0.717, 1.165) is 19.3 Å². The molecule has 0 rings (SSSR count). The molecule has 0 saturated carbocycles. The van der Waals surface area contributed by atoms with Crippen molar-refractivity contribution in [1.29, 1.82) is 0 Å². The summed E-state index contributed by atoms with van der Waals surface area (Å²) in [6.07, 6.45) is 5.04. The normalized spacial score (nSPS) is 11.9. The molecule has 0 saturated heterocycles. The smallest absolute Gasteiger partial charge is 0.294 e. The average Bonchev–Trinajstić information content (AvgIpc) is 2.02. The van der Waals surface area contributed by atoms with Gasteiger partial charge in [0.25, 0.3) is 5.09 Å². The van der Waals surface area contributed by atoms with Crippen LogP contribution in [0.3, 0.4) is 0 Å². The first-order chi connectivity index (χ1) is 6.52. The molecule has 0 radical (unpaired) electrons. The first kappa shape index (κ1) is 12.9. The highest BCUT2D eigenvalue weighted by molar-refractivity contribution is 4.92. The van der Waals surface area contributed by atoms with Gasteiger partial charge in [0.2, 0.25) is 0 Å². The van der Waals surface area contributed by atoms with Crippen LogP contribution in [0.4, 0.5) is 0 Å². The maximum absolute atomic E-state index is 9.86. The second-order valence-electron chi connectivity index (χ2n) is 3.81. The minimum atomic E-state index is -0.733. The zero-order chi connectivity index (χ0) is 11.0. The summed E-state index contributed by atoms with van der Waals surface area (Å²) in [7, 11) is 0. The topological polar surface area (TPSA) is 52.4 Å². The molecule has 14 heavy (non-hydrogen) atoms. The Morgan fingerprint density at radius 1 is 1.50 bits per heavy atom. The van der Waals surface area contributed by atoms with Crippen LogP contribution in [0.1, 0.15) is 40.0 Å². The van der Waals surface area contributed by atoms with Gasteiger partial charge >= 0.3 is 0 Å². The van der Waals surface area contributed by atoms with Crippen molar-refractivity contribution in [3.63, 3.8) is 0 Å². The largest absolute Gasteiger partial charge is 0.314 e. The van der Waals surface area contributed by atoms with Crippen molar-refractivity contribution in [2.24, 2.45) is 5.92 Å². The lowest BCUT2D eigenvalue weighted by Crippen LogP contribution is -2.06. The van der Waals surface area contributed by atoms with Crippen LogP contribution in [0.2, 0.25) is 0 Å². The Balaban J connectivity index is 3.41. The van der Waals surface area contributed by atoms with E-state index in [1.807, 2.05) is 0 Å². The Kier molecular flexibility index (Phi) is 6.80. The van der Waals surface area contributed by atoms with Gasteiger partial charge in [0.15, 0.2) is 0 Å². The quantitative estimate of drug-likeness (QED) is 0.361. The van der Waals surface area contributed by atoms with Crippen molar-refractivity contribution in [2.45, 2.75) is 40.0 Å². The van der Waals surface area contributed by atoms with Gasteiger partial charge < -0.3 is 4.84 Å². The molecule has 0 aliphatic heterocycles. The predicted molar refractivity (Wildman–Crippen MR) is 55.4 cm³/mol. The Bertz CT molecular complexity index is 198. The summed E-state index contributed by atoms with van der Waals surface area (Å²) in [6.45, 7) is 6.44. The molecule has 0 aliphatic carbocycles. The van der Waals surface area contributed by atoms with Gasteiger partial charge in [-0.3, -0.25) is 0 Å². The van der Waals surface area contributed by atoms with E-state index in [0.29, 0.717) is 5.92 Å². The summed E-state index contributed by atoms with van der Waals surface area (Å²) >= 11 is 0. The van der Waals surface area contributed by atoms with Crippen LogP contribution in [0, 0.1) is 16.0 Å². The Morgan fingerprint density at radius 2 is 2.14 bits per heavy atom. The number of hydrogen-bond donors (Lipinski definition) is 0. The molecule has 0 N–H and O–H groups in total. The summed E-state index contributed by atoms with van der Waals surface area (Å²) in [6, 6.07) is 0. The third-order valence-electron chi connectivity index (χ3n) is 2.02. The summed E-state index contributed by atoms with van der Waals surface area (Å²) in [5, 5.41) is 9.12. The van der Waals surface area contributed by atoms with Crippen LogP contribution in [0.25, 0.3) is 0 Å². The molecule has 0 aliphatic rings. The van der Waals surface area contributed by atoms with Gasteiger partial charge in [-0.2, -0.15) is 0 Å². The SMILES string of the molecule is CC(C)=CCCC(C)CCO[N+](=O)[O-]. The fourth-order valence-electron chi connectivity index (χ4n) is 1.13. The minimum absolute atomic E-state index is 0.211. The molecule has 0 aromatic heterocycles. The highest BCUT2D eigenvalue weighted by Gasteiger charge is 2.02. The standard InChI is InChI=1S/C10H19NO3/c1-9(2)5-4-6-10(3)7-8-14-11(12)13/h5,10H,4,6-8H2,1-3H3. The molecule has 4 heteroatoms. The van der Waals surface area contributed by atoms with Crippen LogP contribution in [-0.4, -0.2) is 11.7 Å². The van der Waals surface area contributed by atoms with Crippen LogP contribution < -0.4 is 0 Å². The minimum Gasteiger partial charge on any atom is -0.314 e. The molecule has 0 aromatic carbocycles. The van der Waals surface area contributed by atoms with E-state index >= 15 is 0 Å². The fraction of sp³-hybridized carbons (Fsp3) is 0.800. The molecule has 1 unspecified atom stereocenters. The van der Waals surface area contributed by atoms with Crippen molar-refractivity contribution in [2.75, 3.05) is 6.61 Å². The van der Waals surface area contributed by atoms with E-state index in [-0.39, 0.29) is 6.61 Å². The highest BCUT2D eigenvalue weighted by atomic mass is 16.9. The average molecular weight is 201 g/mol. The van der Waals surface area contributed by atoms with E-state index in [9.17, 15) is 10.1 Å². The number of hydrogen-bond acceptors (Lipinski definition) is 3. The number of nitrogens with zero attached hydrogens (tertiary/aromatic N) is 1. The summed E-state index contributed by atoms with van der Waals surface area (Å²) in [5.74, 6) is 0.477. The summed E-state index contributed by atoms with van der Waals surface area (Å²) in [4.78, 5) is 14.1. The van der Waals surface area contributed by atoms with Crippen LogP contribution in [0.15, 0.2) is 11.6 Å². The van der Waals surface area contributed by atoms with E-state index in [1.54, 1.807) is 0 Å². The van der Waals surface area contributed by atoms with Gasteiger partial charge in [-0.05, 0) is 39.0 Å². The number of rotatable bonds is 7. The zero-order valence-corrected chi connectivity index (χ0v) is 9.16. The molecular formula is C10H19NO3. The van der Waals surface area contributed by atoms with E-state index in [1.165, 1.54) is 5.57 Å². The molecule has 0 aromatic rings. The molecule has 0 bridgehead atoms. The Hall–Kier alpha value is -1.06. The van der Waals surface area contributed by atoms with Gasteiger partial charge in [-0.15, -0.1) is 10.1 Å².